The number of fused-ring (bicyclic) bond motifs is 1. The smallest absolute Gasteiger partial charge is 0.150 e. The lowest BCUT2D eigenvalue weighted by Gasteiger charge is -2.10. The Balaban J connectivity index is 1.85. The predicted molar refractivity (Wildman–Crippen MR) is 108 cm³/mol. The molecule has 0 saturated carbocycles. The summed E-state index contributed by atoms with van der Waals surface area (Å²) in [6, 6.07) is 7.60. The van der Waals surface area contributed by atoms with Crippen LogP contribution in [0.15, 0.2) is 29.4 Å². The quantitative estimate of drug-likeness (QED) is 0.213. The molecule has 0 spiro atoms. The second kappa shape index (κ2) is 10.8. The van der Waals surface area contributed by atoms with E-state index in [0.717, 1.165) is 23.9 Å². The summed E-state index contributed by atoms with van der Waals surface area (Å²) in [6.07, 6.45) is 11.9. The number of pyridine rings is 1. The molecule has 2 N–H and O–H groups in total. The fourth-order valence-corrected chi connectivity index (χ4v) is 3.35. The zero-order valence-corrected chi connectivity index (χ0v) is 16.2. The number of hydrogen-bond acceptors (Lipinski definition) is 4. The molecule has 0 amide bonds. The van der Waals surface area contributed by atoms with Crippen LogP contribution in [0.25, 0.3) is 10.9 Å². The largest absolute Gasteiger partial charge is 0.505 e. The van der Waals surface area contributed by atoms with Crippen LogP contribution in [0, 0.1) is 6.92 Å². The molecule has 0 radical (unpaired) electrons. The number of hydrogen-bond donors (Lipinski definition) is 2. The van der Waals surface area contributed by atoms with Gasteiger partial charge < -0.3 is 10.3 Å². The van der Waals surface area contributed by atoms with Gasteiger partial charge in [-0.1, -0.05) is 75.6 Å². The van der Waals surface area contributed by atoms with Crippen molar-refractivity contribution < 1.29 is 10.3 Å². The topological polar surface area (TPSA) is 65.7 Å². The third kappa shape index (κ3) is 5.72. The number of phenolic OH excluding ortho intramolecular Hbond substituents is 1. The minimum absolute atomic E-state index is 0.106. The molecule has 0 saturated heterocycles. The van der Waals surface area contributed by atoms with Gasteiger partial charge in [0, 0.05) is 16.6 Å². The summed E-state index contributed by atoms with van der Waals surface area (Å²) in [4.78, 5) is 4.42. The van der Waals surface area contributed by atoms with Crippen molar-refractivity contribution in [3.05, 3.63) is 35.5 Å². The van der Waals surface area contributed by atoms with E-state index < -0.39 is 0 Å². The monoisotopic (exact) mass is 356 g/mol. The first-order valence-corrected chi connectivity index (χ1v) is 9.98. The number of nitrogens with zero attached hydrogens (tertiary/aromatic N) is 2. The highest BCUT2D eigenvalue weighted by atomic mass is 16.4. The average molecular weight is 357 g/mol. The molecule has 0 aliphatic heterocycles. The molecular weight excluding hydrogens is 324 g/mol. The maximum Gasteiger partial charge on any atom is 0.150 e. The second-order valence-electron chi connectivity index (χ2n) is 7.11. The van der Waals surface area contributed by atoms with E-state index in [1.807, 2.05) is 31.2 Å². The summed E-state index contributed by atoms with van der Waals surface area (Å²) in [5.74, 6) is 0.106. The number of aromatic hydroxyl groups is 1. The van der Waals surface area contributed by atoms with E-state index >= 15 is 0 Å². The van der Waals surface area contributed by atoms with Gasteiger partial charge in [0.2, 0.25) is 0 Å². The molecule has 4 heteroatoms. The van der Waals surface area contributed by atoms with E-state index in [4.69, 9.17) is 0 Å². The van der Waals surface area contributed by atoms with Crippen molar-refractivity contribution in [3.63, 3.8) is 0 Å². The lowest BCUT2D eigenvalue weighted by molar-refractivity contribution is 0.317. The lowest BCUT2D eigenvalue weighted by Crippen LogP contribution is -2.02. The first kappa shape index (κ1) is 20.2. The highest BCUT2D eigenvalue weighted by molar-refractivity contribution is 6.06. The van der Waals surface area contributed by atoms with Gasteiger partial charge in [-0.3, -0.25) is 0 Å². The molecule has 2 aromatic rings. The van der Waals surface area contributed by atoms with Crippen LogP contribution in [-0.4, -0.2) is 21.0 Å². The van der Waals surface area contributed by atoms with Gasteiger partial charge in [0.05, 0.1) is 5.71 Å². The Hall–Kier alpha value is -2.10. The summed E-state index contributed by atoms with van der Waals surface area (Å²) in [5.41, 5.74) is 2.54. The molecule has 2 rings (SSSR count). The molecule has 4 nitrogen and oxygen atoms in total. The third-order valence-corrected chi connectivity index (χ3v) is 4.92. The van der Waals surface area contributed by atoms with Gasteiger partial charge in [-0.15, -0.1) is 0 Å². The van der Waals surface area contributed by atoms with Crippen LogP contribution in [0.2, 0.25) is 0 Å². The van der Waals surface area contributed by atoms with E-state index in [2.05, 4.69) is 17.1 Å². The van der Waals surface area contributed by atoms with E-state index in [-0.39, 0.29) is 5.75 Å². The highest BCUT2D eigenvalue weighted by Gasteiger charge is 2.13. The molecule has 1 aromatic heterocycles. The zero-order chi connectivity index (χ0) is 18.8. The molecule has 0 atom stereocenters. The normalized spacial score (nSPS) is 12.0. The number of benzene rings is 1. The van der Waals surface area contributed by atoms with Gasteiger partial charge in [0.1, 0.15) is 5.52 Å². The van der Waals surface area contributed by atoms with Crippen LogP contribution in [0.4, 0.5) is 0 Å². The summed E-state index contributed by atoms with van der Waals surface area (Å²) in [7, 11) is 0. The number of unbranched alkanes of at least 4 members (excludes halogenated alkanes) is 8. The fourth-order valence-electron chi connectivity index (χ4n) is 3.35. The molecular formula is C22H32N2O2. The first-order valence-electron chi connectivity index (χ1n) is 9.98. The molecule has 0 bridgehead atoms. The molecule has 1 aromatic carbocycles. The van der Waals surface area contributed by atoms with Gasteiger partial charge in [0.25, 0.3) is 0 Å². The van der Waals surface area contributed by atoms with E-state index in [1.54, 1.807) is 0 Å². The highest BCUT2D eigenvalue weighted by Crippen LogP contribution is 2.29. The van der Waals surface area contributed by atoms with Gasteiger partial charge >= 0.3 is 0 Å². The van der Waals surface area contributed by atoms with E-state index in [1.165, 1.54) is 44.9 Å². The zero-order valence-electron chi connectivity index (χ0n) is 16.2. The Labute approximate surface area is 157 Å². The minimum atomic E-state index is 0.106. The fraction of sp³-hybridized carbons (Fsp3) is 0.545. The average Bonchev–Trinajstić information content (AvgIpc) is 2.65. The predicted octanol–water partition coefficient (Wildman–Crippen LogP) is 6.35. The van der Waals surface area contributed by atoms with Crippen molar-refractivity contribution in [3.8, 4) is 5.75 Å². The van der Waals surface area contributed by atoms with Crippen LogP contribution in [-0.2, 0) is 0 Å². The Bertz CT molecular complexity index is 725. The minimum Gasteiger partial charge on any atom is -0.505 e. The molecule has 0 fully saturated rings. The summed E-state index contributed by atoms with van der Waals surface area (Å²) < 4.78 is 0. The first-order chi connectivity index (χ1) is 12.7. The van der Waals surface area contributed by atoms with Crippen molar-refractivity contribution in [2.45, 2.75) is 78.1 Å². The van der Waals surface area contributed by atoms with Crippen LogP contribution < -0.4 is 0 Å². The maximum atomic E-state index is 10.6. The Morgan fingerprint density at radius 1 is 0.923 bits per heavy atom. The van der Waals surface area contributed by atoms with Crippen molar-refractivity contribution >= 4 is 16.6 Å². The number of oxime groups is 1. The Kier molecular flexibility index (Phi) is 8.39. The molecule has 0 aliphatic carbocycles. The van der Waals surface area contributed by atoms with Gasteiger partial charge in [-0.05, 0) is 31.9 Å². The molecule has 0 unspecified atom stereocenters. The summed E-state index contributed by atoms with van der Waals surface area (Å²) in [6.45, 7) is 4.14. The van der Waals surface area contributed by atoms with Gasteiger partial charge in [-0.25, -0.2) is 4.98 Å². The van der Waals surface area contributed by atoms with Gasteiger partial charge in [-0.2, -0.15) is 0 Å². The number of aryl methyl sites for hydroxylation is 1. The Morgan fingerprint density at radius 2 is 1.54 bits per heavy atom. The van der Waals surface area contributed by atoms with Crippen molar-refractivity contribution in [2.75, 3.05) is 0 Å². The van der Waals surface area contributed by atoms with Crippen LogP contribution >= 0.6 is 0 Å². The Morgan fingerprint density at radius 3 is 2.19 bits per heavy atom. The molecule has 1 heterocycles. The van der Waals surface area contributed by atoms with Crippen molar-refractivity contribution in [1.82, 2.24) is 4.98 Å². The lowest BCUT2D eigenvalue weighted by atomic mass is 10.00. The van der Waals surface area contributed by atoms with Crippen molar-refractivity contribution in [1.29, 1.82) is 0 Å². The van der Waals surface area contributed by atoms with E-state index in [9.17, 15) is 10.3 Å². The SMILES string of the molecule is CCCCCCCCCCCC(=NO)c1ccc2ccc(C)nc2c1O. The summed E-state index contributed by atoms with van der Waals surface area (Å²) in [5, 5.41) is 24.3. The molecule has 0 aliphatic rings. The standard InChI is InChI=1S/C22H32N2O2/c1-3-4-5-6-7-8-9-10-11-12-20(24-26)19-16-15-18-14-13-17(2)23-21(18)22(19)25/h13-16,25-26H,3-12H2,1-2H3. The second-order valence-corrected chi connectivity index (χ2v) is 7.11. The van der Waals surface area contributed by atoms with Crippen LogP contribution in [0.1, 0.15) is 82.4 Å². The van der Waals surface area contributed by atoms with Crippen LogP contribution in [0.3, 0.4) is 0 Å². The maximum absolute atomic E-state index is 10.6. The molecule has 142 valence electrons. The number of aromatic nitrogens is 1. The number of rotatable bonds is 11. The van der Waals surface area contributed by atoms with Crippen LogP contribution in [0.5, 0.6) is 5.75 Å². The molecule has 26 heavy (non-hydrogen) atoms. The number of phenols is 1. The van der Waals surface area contributed by atoms with E-state index in [0.29, 0.717) is 23.2 Å². The van der Waals surface area contributed by atoms with Crippen molar-refractivity contribution in [2.24, 2.45) is 5.16 Å². The summed E-state index contributed by atoms with van der Waals surface area (Å²) >= 11 is 0. The van der Waals surface area contributed by atoms with Gasteiger partial charge in [0.15, 0.2) is 5.75 Å². The third-order valence-electron chi connectivity index (χ3n) is 4.92.